The van der Waals surface area contributed by atoms with E-state index in [4.69, 9.17) is 9.47 Å². The fourth-order valence-electron chi connectivity index (χ4n) is 4.84. The standard InChI is InChI=1S/C26H27FO7S/c1-13-3-6-15(26(33-2)24(32)22(30)23(31)25(34-26)12-20(25)28)11-17(13)21(29)19-10-9-18(35-19)14-4-7-16(27)8-5-14/h3-11,20-24,28-32H,12H2,1-2H3/t20?,21?,22-,23-,24+,25?,26?/m0/s1. The minimum atomic E-state index is -1.87. The molecule has 2 aliphatic rings. The van der Waals surface area contributed by atoms with E-state index in [1.807, 2.05) is 13.0 Å². The van der Waals surface area contributed by atoms with Crippen LogP contribution in [-0.4, -0.2) is 62.7 Å². The van der Waals surface area contributed by atoms with Crippen molar-refractivity contribution in [2.24, 2.45) is 0 Å². The largest absolute Gasteiger partial charge is 0.390 e. The van der Waals surface area contributed by atoms with Gasteiger partial charge in [0.15, 0.2) is 0 Å². The molecular weight excluding hydrogens is 475 g/mol. The predicted molar refractivity (Wildman–Crippen MR) is 126 cm³/mol. The highest BCUT2D eigenvalue weighted by atomic mass is 32.1. The summed E-state index contributed by atoms with van der Waals surface area (Å²) in [7, 11) is 1.31. The zero-order valence-electron chi connectivity index (χ0n) is 19.1. The SMILES string of the molecule is COC1(c2ccc(C)c(C(O)c3ccc(-c4ccc(F)cc4)s3)c2)OC2(CC2O)[C@@H](O)[C@H](O)[C@H]1O. The van der Waals surface area contributed by atoms with Gasteiger partial charge in [0.25, 0.3) is 0 Å². The molecule has 2 fully saturated rings. The first-order valence-electron chi connectivity index (χ1n) is 11.3. The van der Waals surface area contributed by atoms with Crippen molar-refractivity contribution in [3.8, 4) is 10.4 Å². The summed E-state index contributed by atoms with van der Waals surface area (Å²) >= 11 is 1.37. The Kier molecular flexibility index (Phi) is 6.10. The zero-order valence-corrected chi connectivity index (χ0v) is 19.9. The van der Waals surface area contributed by atoms with Crippen LogP contribution >= 0.6 is 11.3 Å². The molecule has 7 nitrogen and oxygen atoms in total. The third-order valence-electron chi connectivity index (χ3n) is 7.10. The normalized spacial score (nSPS) is 33.1. The van der Waals surface area contributed by atoms with E-state index in [2.05, 4.69) is 0 Å². The van der Waals surface area contributed by atoms with Crippen LogP contribution in [0.5, 0.6) is 0 Å². The van der Waals surface area contributed by atoms with Crippen LogP contribution in [0.25, 0.3) is 10.4 Å². The van der Waals surface area contributed by atoms with Gasteiger partial charge in [-0.05, 0) is 53.9 Å². The van der Waals surface area contributed by atoms with Crippen LogP contribution in [0, 0.1) is 12.7 Å². The van der Waals surface area contributed by atoms with Crippen LogP contribution in [0.1, 0.15) is 34.1 Å². The third kappa shape index (κ3) is 3.83. The molecule has 3 aromatic rings. The molecule has 2 heterocycles. The van der Waals surface area contributed by atoms with Crippen molar-refractivity contribution in [3.63, 3.8) is 0 Å². The van der Waals surface area contributed by atoms with Gasteiger partial charge in [-0.3, -0.25) is 0 Å². The highest BCUT2D eigenvalue weighted by Crippen LogP contribution is 2.54. The van der Waals surface area contributed by atoms with Crippen molar-refractivity contribution in [2.45, 2.75) is 55.3 Å². The summed E-state index contributed by atoms with van der Waals surface area (Å²) in [5.41, 5.74) is 1.02. The van der Waals surface area contributed by atoms with E-state index in [1.165, 1.54) is 30.6 Å². The van der Waals surface area contributed by atoms with Crippen molar-refractivity contribution in [2.75, 3.05) is 7.11 Å². The molecule has 1 aliphatic heterocycles. The van der Waals surface area contributed by atoms with Crippen molar-refractivity contribution in [1.29, 1.82) is 0 Å². The van der Waals surface area contributed by atoms with Gasteiger partial charge in [-0.1, -0.05) is 24.3 Å². The summed E-state index contributed by atoms with van der Waals surface area (Å²) in [5, 5.41) is 53.3. The Morgan fingerprint density at radius 1 is 1.03 bits per heavy atom. The second-order valence-electron chi connectivity index (χ2n) is 9.21. The van der Waals surface area contributed by atoms with E-state index in [0.717, 1.165) is 16.0 Å². The van der Waals surface area contributed by atoms with E-state index in [0.29, 0.717) is 16.0 Å². The molecule has 7 atom stereocenters. The van der Waals surface area contributed by atoms with E-state index in [1.54, 1.807) is 36.4 Å². The number of thiophene rings is 1. The summed E-state index contributed by atoms with van der Waals surface area (Å²) in [6, 6.07) is 14.8. The number of methoxy groups -OCH3 is 1. The maximum absolute atomic E-state index is 13.3. The maximum Gasteiger partial charge on any atom is 0.225 e. The maximum atomic E-state index is 13.3. The molecular formula is C26H27FO7S. The number of aliphatic hydroxyl groups is 5. The van der Waals surface area contributed by atoms with Gasteiger partial charge in [-0.15, -0.1) is 11.3 Å². The number of hydrogen-bond acceptors (Lipinski definition) is 8. The lowest BCUT2D eigenvalue weighted by atomic mass is 9.85. The van der Waals surface area contributed by atoms with Gasteiger partial charge in [-0.2, -0.15) is 0 Å². The first-order chi connectivity index (χ1) is 16.6. The van der Waals surface area contributed by atoms with Crippen LogP contribution in [0.2, 0.25) is 0 Å². The third-order valence-corrected chi connectivity index (χ3v) is 8.29. The second-order valence-corrected chi connectivity index (χ2v) is 10.3. The molecule has 35 heavy (non-hydrogen) atoms. The van der Waals surface area contributed by atoms with Crippen LogP contribution in [-0.2, 0) is 15.3 Å². The van der Waals surface area contributed by atoms with Gasteiger partial charge in [0, 0.05) is 28.8 Å². The van der Waals surface area contributed by atoms with Crippen molar-refractivity contribution in [1.82, 2.24) is 0 Å². The molecule has 1 saturated heterocycles. The molecule has 0 bridgehead atoms. The summed E-state index contributed by atoms with van der Waals surface area (Å²) < 4.78 is 24.9. The molecule has 186 valence electrons. The summed E-state index contributed by atoms with van der Waals surface area (Å²) in [4.78, 5) is 1.53. The Morgan fingerprint density at radius 2 is 1.71 bits per heavy atom. The molecule has 0 amide bonds. The number of hydrogen-bond donors (Lipinski definition) is 5. The molecule has 9 heteroatoms. The second kappa shape index (κ2) is 8.72. The fourth-order valence-corrected chi connectivity index (χ4v) is 5.86. The predicted octanol–water partition coefficient (Wildman–Crippen LogP) is 2.36. The highest BCUT2D eigenvalue weighted by Gasteiger charge is 2.71. The minimum Gasteiger partial charge on any atom is -0.390 e. The molecule has 1 aromatic heterocycles. The number of benzene rings is 2. The van der Waals surface area contributed by atoms with E-state index in [-0.39, 0.29) is 12.2 Å². The Hall–Kier alpha value is -2.21. The molecule has 1 spiro atoms. The minimum absolute atomic E-state index is 0.0890. The Bertz CT molecular complexity index is 1230. The lowest BCUT2D eigenvalue weighted by molar-refractivity contribution is -0.375. The number of rotatable bonds is 5. The van der Waals surface area contributed by atoms with Crippen molar-refractivity contribution >= 4 is 11.3 Å². The average molecular weight is 503 g/mol. The summed E-state index contributed by atoms with van der Waals surface area (Å²) in [6.45, 7) is 1.83. The Labute approximate surface area is 205 Å². The first kappa shape index (κ1) is 24.5. The Balaban J connectivity index is 1.51. The molecule has 1 saturated carbocycles. The quantitative estimate of drug-likeness (QED) is 0.363. The van der Waals surface area contributed by atoms with Crippen molar-refractivity contribution < 1.29 is 39.4 Å². The number of ether oxygens (including phenoxy) is 2. The number of aryl methyl sites for hydroxylation is 1. The summed E-state index contributed by atoms with van der Waals surface area (Å²) in [6.07, 6.45) is -6.69. The molecule has 0 radical (unpaired) electrons. The molecule has 2 aromatic carbocycles. The van der Waals surface area contributed by atoms with Crippen LogP contribution in [0.4, 0.5) is 4.39 Å². The molecule has 4 unspecified atom stereocenters. The molecule has 5 N–H and O–H groups in total. The van der Waals surface area contributed by atoms with Gasteiger partial charge >= 0.3 is 0 Å². The monoisotopic (exact) mass is 502 g/mol. The average Bonchev–Trinajstić information content (AvgIpc) is 3.25. The van der Waals surface area contributed by atoms with Gasteiger partial charge in [0.2, 0.25) is 5.79 Å². The van der Waals surface area contributed by atoms with Crippen molar-refractivity contribution in [3.05, 3.63) is 82.0 Å². The van der Waals surface area contributed by atoms with Gasteiger partial charge in [-0.25, -0.2) is 4.39 Å². The van der Waals surface area contributed by atoms with E-state index in [9.17, 15) is 29.9 Å². The lowest BCUT2D eigenvalue weighted by Crippen LogP contribution is -2.65. The van der Waals surface area contributed by atoms with Crippen LogP contribution in [0.15, 0.2) is 54.6 Å². The molecule has 1 aliphatic carbocycles. The zero-order chi connectivity index (χ0) is 25.1. The smallest absolute Gasteiger partial charge is 0.225 e. The van der Waals surface area contributed by atoms with Crippen LogP contribution < -0.4 is 0 Å². The molecule has 5 rings (SSSR count). The van der Waals surface area contributed by atoms with E-state index >= 15 is 0 Å². The fraction of sp³-hybridized carbons (Fsp3) is 0.385. The topological polar surface area (TPSA) is 120 Å². The van der Waals surface area contributed by atoms with Gasteiger partial charge in [0.05, 0.1) is 6.10 Å². The van der Waals surface area contributed by atoms with Gasteiger partial charge < -0.3 is 35.0 Å². The first-order valence-corrected chi connectivity index (χ1v) is 12.1. The number of aliphatic hydroxyl groups excluding tert-OH is 5. The number of halogens is 1. The van der Waals surface area contributed by atoms with Crippen LogP contribution in [0.3, 0.4) is 0 Å². The van der Waals surface area contributed by atoms with E-state index < -0.39 is 41.9 Å². The lowest BCUT2D eigenvalue weighted by Gasteiger charge is -2.48. The van der Waals surface area contributed by atoms with Gasteiger partial charge in [0.1, 0.15) is 35.8 Å². The highest BCUT2D eigenvalue weighted by molar-refractivity contribution is 7.15. The summed E-state index contributed by atoms with van der Waals surface area (Å²) in [5.74, 6) is -2.19. The Morgan fingerprint density at radius 3 is 2.34 bits per heavy atom.